The van der Waals surface area contributed by atoms with Gasteiger partial charge in [-0.2, -0.15) is 0 Å². The first-order valence-corrected chi connectivity index (χ1v) is 6.97. The molecule has 2 atom stereocenters. The number of amides is 1. The molecule has 2 aliphatic rings. The standard InChI is InChI=1S/C15H23NO3/c1-5-15(4)10-19-13(18)11(14(15,2)3)12(17)16-8-6-7-9-16/h6,8,11H,5,7,9-10H2,1-4H3/t11?,15-/m0/s1. The molecule has 4 nitrogen and oxygen atoms in total. The van der Waals surface area contributed by atoms with E-state index in [1.54, 1.807) is 11.1 Å². The summed E-state index contributed by atoms with van der Waals surface area (Å²) in [7, 11) is 0. The van der Waals surface area contributed by atoms with E-state index in [1.165, 1.54) is 0 Å². The second kappa shape index (κ2) is 4.66. The fraction of sp³-hybridized carbons (Fsp3) is 0.733. The molecule has 19 heavy (non-hydrogen) atoms. The maximum atomic E-state index is 12.6. The van der Waals surface area contributed by atoms with Gasteiger partial charge in [-0.3, -0.25) is 9.59 Å². The molecular formula is C15H23NO3. The molecule has 1 unspecified atom stereocenters. The number of ether oxygens (including phenoxy) is 1. The molecule has 106 valence electrons. The molecule has 0 aromatic heterocycles. The van der Waals surface area contributed by atoms with Gasteiger partial charge in [0.15, 0.2) is 0 Å². The third kappa shape index (κ3) is 2.07. The average molecular weight is 265 g/mol. The van der Waals surface area contributed by atoms with Crippen molar-refractivity contribution in [1.82, 2.24) is 4.90 Å². The van der Waals surface area contributed by atoms with Crippen LogP contribution in [0.4, 0.5) is 0 Å². The van der Waals surface area contributed by atoms with E-state index in [0.717, 1.165) is 12.8 Å². The third-order valence-electron chi connectivity index (χ3n) is 5.18. The van der Waals surface area contributed by atoms with Crippen molar-refractivity contribution in [3.05, 3.63) is 12.3 Å². The molecule has 0 bridgehead atoms. The van der Waals surface area contributed by atoms with Crippen LogP contribution >= 0.6 is 0 Å². The first-order chi connectivity index (χ1) is 8.83. The molecule has 0 radical (unpaired) electrons. The largest absolute Gasteiger partial charge is 0.464 e. The number of rotatable bonds is 2. The number of cyclic esters (lactones) is 1. The molecule has 0 spiro atoms. The molecule has 0 aromatic rings. The Hall–Kier alpha value is -1.32. The Morgan fingerprint density at radius 3 is 2.68 bits per heavy atom. The normalized spacial score (nSPS) is 33.4. The van der Waals surface area contributed by atoms with Crippen molar-refractivity contribution in [2.75, 3.05) is 13.2 Å². The summed E-state index contributed by atoms with van der Waals surface area (Å²) in [5.74, 6) is -1.20. The van der Waals surface area contributed by atoms with E-state index in [2.05, 4.69) is 13.8 Å². The lowest BCUT2D eigenvalue weighted by Crippen LogP contribution is -2.57. The van der Waals surface area contributed by atoms with E-state index in [4.69, 9.17) is 4.74 Å². The fourth-order valence-electron chi connectivity index (χ4n) is 2.95. The molecule has 2 heterocycles. The highest BCUT2D eigenvalue weighted by atomic mass is 16.5. The Balaban J connectivity index is 2.32. The van der Waals surface area contributed by atoms with Gasteiger partial charge in [-0.1, -0.05) is 33.8 Å². The summed E-state index contributed by atoms with van der Waals surface area (Å²) < 4.78 is 5.30. The summed E-state index contributed by atoms with van der Waals surface area (Å²) >= 11 is 0. The van der Waals surface area contributed by atoms with Crippen LogP contribution in [0, 0.1) is 16.7 Å². The average Bonchev–Trinajstić information content (AvgIpc) is 2.88. The Kier molecular flexibility index (Phi) is 3.45. The number of carbonyl (C=O) groups excluding carboxylic acids is 2. The zero-order valence-corrected chi connectivity index (χ0v) is 12.2. The summed E-state index contributed by atoms with van der Waals surface area (Å²) in [6, 6.07) is 0. The molecule has 2 rings (SSSR count). The van der Waals surface area contributed by atoms with Gasteiger partial charge in [0.1, 0.15) is 5.92 Å². The van der Waals surface area contributed by atoms with E-state index in [9.17, 15) is 9.59 Å². The molecular weight excluding hydrogens is 242 g/mol. The van der Waals surface area contributed by atoms with Gasteiger partial charge in [-0.15, -0.1) is 0 Å². The highest BCUT2D eigenvalue weighted by molar-refractivity contribution is 5.99. The minimum atomic E-state index is -0.700. The zero-order chi connectivity index (χ0) is 14.3. The number of nitrogens with zero attached hydrogens (tertiary/aromatic N) is 1. The summed E-state index contributed by atoms with van der Waals surface area (Å²) in [5, 5.41) is 0. The zero-order valence-electron chi connectivity index (χ0n) is 12.2. The predicted molar refractivity (Wildman–Crippen MR) is 72.1 cm³/mol. The number of esters is 1. The number of hydrogen-bond donors (Lipinski definition) is 0. The molecule has 1 fully saturated rings. The minimum Gasteiger partial charge on any atom is -0.464 e. The van der Waals surface area contributed by atoms with Crippen LogP contribution < -0.4 is 0 Å². The van der Waals surface area contributed by atoms with Gasteiger partial charge in [-0.25, -0.2) is 0 Å². The van der Waals surface area contributed by atoms with Crippen LogP contribution in [-0.4, -0.2) is 29.9 Å². The van der Waals surface area contributed by atoms with Gasteiger partial charge >= 0.3 is 5.97 Å². The van der Waals surface area contributed by atoms with Crippen molar-refractivity contribution in [3.63, 3.8) is 0 Å². The highest BCUT2D eigenvalue weighted by Crippen LogP contribution is 2.51. The van der Waals surface area contributed by atoms with Crippen LogP contribution in [0.15, 0.2) is 12.3 Å². The molecule has 4 heteroatoms. The van der Waals surface area contributed by atoms with Gasteiger partial charge in [0.05, 0.1) is 6.61 Å². The Labute approximate surface area is 114 Å². The number of hydrogen-bond acceptors (Lipinski definition) is 3. The molecule has 2 aliphatic heterocycles. The topological polar surface area (TPSA) is 46.6 Å². The lowest BCUT2D eigenvalue weighted by molar-refractivity contribution is -0.186. The highest BCUT2D eigenvalue weighted by Gasteiger charge is 2.56. The van der Waals surface area contributed by atoms with Crippen molar-refractivity contribution in [2.45, 2.75) is 40.5 Å². The quantitative estimate of drug-likeness (QED) is 0.569. The van der Waals surface area contributed by atoms with Gasteiger partial charge < -0.3 is 9.64 Å². The van der Waals surface area contributed by atoms with E-state index < -0.39 is 11.3 Å². The molecule has 0 saturated carbocycles. The van der Waals surface area contributed by atoms with Crippen LogP contribution in [0.5, 0.6) is 0 Å². The molecule has 1 saturated heterocycles. The van der Waals surface area contributed by atoms with Gasteiger partial charge in [-0.05, 0) is 18.3 Å². The van der Waals surface area contributed by atoms with Crippen molar-refractivity contribution in [3.8, 4) is 0 Å². The minimum absolute atomic E-state index is 0.122. The van der Waals surface area contributed by atoms with Crippen LogP contribution in [0.1, 0.15) is 40.5 Å². The summed E-state index contributed by atoms with van der Waals surface area (Å²) in [4.78, 5) is 26.4. The smallest absolute Gasteiger partial charge is 0.319 e. The second-order valence-corrected chi connectivity index (χ2v) is 6.38. The monoisotopic (exact) mass is 265 g/mol. The fourth-order valence-corrected chi connectivity index (χ4v) is 2.95. The molecule has 1 amide bonds. The lowest BCUT2D eigenvalue weighted by Gasteiger charge is -2.50. The summed E-state index contributed by atoms with van der Waals surface area (Å²) in [6.45, 7) is 9.27. The second-order valence-electron chi connectivity index (χ2n) is 6.38. The first-order valence-electron chi connectivity index (χ1n) is 6.97. The maximum Gasteiger partial charge on any atom is 0.319 e. The summed E-state index contributed by atoms with van der Waals surface area (Å²) in [6.07, 6.45) is 5.48. The van der Waals surface area contributed by atoms with Crippen LogP contribution in [0.25, 0.3) is 0 Å². The maximum absolute atomic E-state index is 12.6. The molecule has 0 N–H and O–H groups in total. The molecule has 0 aromatic carbocycles. The predicted octanol–water partition coefficient (Wildman–Crippen LogP) is 2.35. The Morgan fingerprint density at radius 1 is 1.47 bits per heavy atom. The van der Waals surface area contributed by atoms with Gasteiger partial charge in [0, 0.05) is 18.2 Å². The summed E-state index contributed by atoms with van der Waals surface area (Å²) in [5.41, 5.74) is -0.560. The van der Waals surface area contributed by atoms with Crippen molar-refractivity contribution < 1.29 is 14.3 Å². The van der Waals surface area contributed by atoms with E-state index in [1.807, 2.05) is 19.9 Å². The molecule has 0 aliphatic carbocycles. The lowest BCUT2D eigenvalue weighted by atomic mass is 9.57. The van der Waals surface area contributed by atoms with Crippen LogP contribution in [0.3, 0.4) is 0 Å². The van der Waals surface area contributed by atoms with E-state index in [0.29, 0.717) is 13.2 Å². The van der Waals surface area contributed by atoms with Crippen molar-refractivity contribution in [1.29, 1.82) is 0 Å². The van der Waals surface area contributed by atoms with Gasteiger partial charge in [0.2, 0.25) is 5.91 Å². The first kappa shape index (κ1) is 14.1. The SMILES string of the molecule is CC[C@@]1(C)COC(=O)C(C(=O)N2C=CCC2)C1(C)C. The third-order valence-corrected chi connectivity index (χ3v) is 5.18. The van der Waals surface area contributed by atoms with Crippen molar-refractivity contribution in [2.24, 2.45) is 16.7 Å². The van der Waals surface area contributed by atoms with E-state index in [-0.39, 0.29) is 17.3 Å². The van der Waals surface area contributed by atoms with Crippen molar-refractivity contribution >= 4 is 11.9 Å². The van der Waals surface area contributed by atoms with Gasteiger partial charge in [0.25, 0.3) is 0 Å². The Bertz CT molecular complexity index is 427. The Morgan fingerprint density at radius 2 is 2.16 bits per heavy atom. The van der Waals surface area contributed by atoms with Crippen LogP contribution in [0.2, 0.25) is 0 Å². The van der Waals surface area contributed by atoms with E-state index >= 15 is 0 Å². The van der Waals surface area contributed by atoms with Crippen LogP contribution in [-0.2, 0) is 14.3 Å². The number of carbonyl (C=O) groups is 2.